The number of aromatic nitrogens is 1. The summed E-state index contributed by atoms with van der Waals surface area (Å²) >= 11 is 0. The topological polar surface area (TPSA) is 7.65 Å². The van der Waals surface area contributed by atoms with Crippen molar-refractivity contribution >= 4 is 55.2 Å². The second-order valence-corrected chi connectivity index (χ2v) is 16.8. The Balaban J connectivity index is 0.980. The average Bonchev–Trinajstić information content (AvgIpc) is 3.99. The lowest BCUT2D eigenvalue weighted by molar-refractivity contribution is 0.768. The predicted molar refractivity (Wildman–Crippen MR) is 264 cm³/mol. The normalized spacial score (nSPS) is 12.9. The minimum atomic E-state index is -0.499. The van der Waals surface area contributed by atoms with Gasteiger partial charge in [-0.2, -0.15) is 0 Å². The fourth-order valence-electron chi connectivity index (χ4n) is 10.9. The summed E-state index contributed by atoms with van der Waals surface area (Å²) in [5.74, 6) is 0. The first-order chi connectivity index (χ1) is 31.3. The number of benzene rings is 10. The van der Waals surface area contributed by atoms with E-state index in [2.05, 4.69) is 252 Å². The van der Waals surface area contributed by atoms with E-state index in [1.54, 1.807) is 0 Å². The molecule has 2 heteroatoms. The second kappa shape index (κ2) is 13.9. The monoisotopic (exact) mass is 800 g/mol. The summed E-state index contributed by atoms with van der Waals surface area (Å²) in [6, 6.07) is 89.5. The van der Waals surface area contributed by atoms with Gasteiger partial charge in [0.2, 0.25) is 0 Å². The summed E-state index contributed by atoms with van der Waals surface area (Å²) in [5, 5.41) is 5.19. The Morgan fingerprint density at radius 2 is 0.794 bits per heavy atom. The molecule has 1 aliphatic carbocycles. The van der Waals surface area contributed by atoms with Crippen molar-refractivity contribution in [3.05, 3.63) is 265 Å². The molecule has 2 aromatic heterocycles. The molecule has 0 saturated heterocycles. The molecule has 0 aliphatic heterocycles. The predicted octanol–water partition coefficient (Wildman–Crippen LogP) is 16.0. The van der Waals surface area contributed by atoms with E-state index in [1.807, 2.05) is 0 Å². The van der Waals surface area contributed by atoms with E-state index in [0.29, 0.717) is 0 Å². The van der Waals surface area contributed by atoms with Crippen molar-refractivity contribution in [3.63, 3.8) is 0 Å². The highest BCUT2D eigenvalue weighted by molar-refractivity contribution is 6.23. The fourth-order valence-corrected chi connectivity index (χ4v) is 10.9. The Morgan fingerprint density at radius 1 is 0.302 bits per heavy atom. The molecule has 294 valence electrons. The van der Waals surface area contributed by atoms with Crippen molar-refractivity contribution in [1.29, 1.82) is 0 Å². The van der Waals surface area contributed by atoms with Crippen molar-refractivity contribution in [1.82, 2.24) is 4.40 Å². The van der Waals surface area contributed by atoms with E-state index >= 15 is 0 Å². The summed E-state index contributed by atoms with van der Waals surface area (Å²) in [7, 11) is 0. The molecule has 0 saturated carbocycles. The highest BCUT2D eigenvalue weighted by Gasteiger charge is 2.46. The molecule has 0 atom stereocenters. The molecule has 10 aromatic carbocycles. The number of nitrogens with zero attached hydrogens (tertiary/aromatic N) is 2. The van der Waals surface area contributed by atoms with Gasteiger partial charge in [0.05, 0.1) is 22.0 Å². The molecular weight excluding hydrogens is 761 g/mol. The Kier molecular flexibility index (Phi) is 7.85. The van der Waals surface area contributed by atoms with Gasteiger partial charge in [-0.3, -0.25) is 0 Å². The zero-order chi connectivity index (χ0) is 41.5. The first-order valence-corrected chi connectivity index (χ1v) is 21.8. The smallest absolute Gasteiger partial charge is 0.0714 e. The average molecular weight is 801 g/mol. The van der Waals surface area contributed by atoms with E-state index < -0.39 is 5.41 Å². The van der Waals surface area contributed by atoms with Crippen LogP contribution in [0.1, 0.15) is 22.3 Å². The summed E-state index contributed by atoms with van der Waals surface area (Å²) in [6.45, 7) is 0. The van der Waals surface area contributed by atoms with Gasteiger partial charge in [-0.1, -0.05) is 194 Å². The van der Waals surface area contributed by atoms with Crippen LogP contribution in [-0.2, 0) is 5.41 Å². The van der Waals surface area contributed by atoms with Crippen molar-refractivity contribution < 1.29 is 0 Å². The van der Waals surface area contributed by atoms with Crippen LogP contribution in [0.3, 0.4) is 0 Å². The highest BCUT2D eigenvalue weighted by atomic mass is 15.1. The van der Waals surface area contributed by atoms with Crippen LogP contribution in [0.2, 0.25) is 0 Å². The molecule has 0 radical (unpaired) electrons. The van der Waals surface area contributed by atoms with Crippen LogP contribution in [0.5, 0.6) is 0 Å². The molecule has 2 heterocycles. The quantitative estimate of drug-likeness (QED) is 0.156. The lowest BCUT2D eigenvalue weighted by Gasteiger charge is -2.35. The van der Waals surface area contributed by atoms with Gasteiger partial charge in [-0.05, 0) is 104 Å². The van der Waals surface area contributed by atoms with Crippen LogP contribution in [0.15, 0.2) is 243 Å². The maximum Gasteiger partial charge on any atom is 0.0714 e. The molecule has 0 fully saturated rings. The molecule has 12 aromatic rings. The lowest BCUT2D eigenvalue weighted by Crippen LogP contribution is -2.28. The van der Waals surface area contributed by atoms with Crippen LogP contribution in [0.25, 0.3) is 71.5 Å². The number of rotatable bonds is 7. The SMILES string of the molecule is c1ccc(-c2ccc(N(c3ccc(-c4ccc5c6cccc7c8ccccc8n(c5c4)c76)cc3)c3ccc4c(c3)C(c3ccccc3)(c3ccccc3)c3ccccc3-4)cc2)cc1. The summed E-state index contributed by atoms with van der Waals surface area (Å²) < 4.78 is 2.46. The molecule has 0 bridgehead atoms. The third-order valence-electron chi connectivity index (χ3n) is 13.6. The van der Waals surface area contributed by atoms with Gasteiger partial charge in [-0.15, -0.1) is 0 Å². The number of fused-ring (bicyclic) bond motifs is 9. The van der Waals surface area contributed by atoms with Crippen molar-refractivity contribution in [2.45, 2.75) is 5.41 Å². The maximum absolute atomic E-state index is 2.46. The Morgan fingerprint density at radius 3 is 1.48 bits per heavy atom. The van der Waals surface area contributed by atoms with Crippen molar-refractivity contribution in [3.8, 4) is 33.4 Å². The van der Waals surface area contributed by atoms with Gasteiger partial charge in [0.15, 0.2) is 0 Å². The maximum atomic E-state index is 2.46. The number of para-hydroxylation sites is 2. The molecule has 0 N–H and O–H groups in total. The number of anilines is 3. The molecular formula is C61H40N2. The second-order valence-electron chi connectivity index (χ2n) is 16.8. The molecule has 13 rings (SSSR count). The molecule has 63 heavy (non-hydrogen) atoms. The van der Waals surface area contributed by atoms with Gasteiger partial charge in [-0.25, -0.2) is 0 Å². The van der Waals surface area contributed by atoms with Crippen molar-refractivity contribution in [2.24, 2.45) is 0 Å². The first-order valence-electron chi connectivity index (χ1n) is 21.8. The third-order valence-corrected chi connectivity index (χ3v) is 13.6. The minimum absolute atomic E-state index is 0.499. The molecule has 1 aliphatic rings. The molecule has 0 unspecified atom stereocenters. The lowest BCUT2D eigenvalue weighted by atomic mass is 9.67. The van der Waals surface area contributed by atoms with E-state index in [9.17, 15) is 0 Å². The fraction of sp³-hybridized carbons (Fsp3) is 0.0164. The van der Waals surface area contributed by atoms with Gasteiger partial charge in [0.25, 0.3) is 0 Å². The third kappa shape index (κ3) is 5.25. The van der Waals surface area contributed by atoms with E-state index in [1.165, 1.54) is 93.7 Å². The van der Waals surface area contributed by atoms with Gasteiger partial charge >= 0.3 is 0 Å². The Hall–Kier alpha value is -8.20. The van der Waals surface area contributed by atoms with Crippen molar-refractivity contribution in [2.75, 3.05) is 4.90 Å². The van der Waals surface area contributed by atoms with Gasteiger partial charge < -0.3 is 9.30 Å². The zero-order valence-electron chi connectivity index (χ0n) is 34.5. The molecule has 0 spiro atoms. The van der Waals surface area contributed by atoms with Crippen LogP contribution >= 0.6 is 0 Å². The summed E-state index contributed by atoms with van der Waals surface area (Å²) in [5.41, 5.74) is 19.0. The standard InChI is InChI=1S/C61H40N2/c1-4-15-41(16-5-1)42-27-32-47(33-28-42)62(49-36-38-51-50-21-10-12-25-56(50)61(57(51)40-49,45-17-6-2-7-18-45)46-19-8-3-9-20-46)48-34-29-43(30-35-48)44-31-37-53-55-24-14-23-54-52-22-11-13-26-58(52)63(60(54)55)59(53)39-44/h1-40H. The van der Waals surface area contributed by atoms with Gasteiger partial charge in [0.1, 0.15) is 0 Å². The molecule has 0 amide bonds. The minimum Gasteiger partial charge on any atom is -0.310 e. The first kappa shape index (κ1) is 35.5. The van der Waals surface area contributed by atoms with Crippen LogP contribution in [-0.4, -0.2) is 4.40 Å². The zero-order valence-corrected chi connectivity index (χ0v) is 34.5. The Labute approximate surface area is 366 Å². The molecule has 2 nitrogen and oxygen atoms in total. The van der Waals surface area contributed by atoms with E-state index in [-0.39, 0.29) is 0 Å². The Bertz CT molecular complexity index is 3600. The van der Waals surface area contributed by atoms with E-state index in [0.717, 1.165) is 17.1 Å². The van der Waals surface area contributed by atoms with Gasteiger partial charge in [0, 0.05) is 38.6 Å². The van der Waals surface area contributed by atoms with E-state index in [4.69, 9.17) is 0 Å². The summed E-state index contributed by atoms with van der Waals surface area (Å²) in [6.07, 6.45) is 0. The van der Waals surface area contributed by atoms with Crippen LogP contribution in [0, 0.1) is 0 Å². The highest BCUT2D eigenvalue weighted by Crippen LogP contribution is 2.57. The van der Waals surface area contributed by atoms with Crippen LogP contribution in [0.4, 0.5) is 17.1 Å². The number of hydrogen-bond acceptors (Lipinski definition) is 1. The van der Waals surface area contributed by atoms with Crippen LogP contribution < -0.4 is 4.90 Å². The number of hydrogen-bond donors (Lipinski definition) is 0. The summed E-state index contributed by atoms with van der Waals surface area (Å²) in [4.78, 5) is 2.42. The largest absolute Gasteiger partial charge is 0.310 e.